The summed E-state index contributed by atoms with van der Waals surface area (Å²) in [6, 6.07) is 4.39. The second-order valence-corrected chi connectivity index (χ2v) is 6.43. The first-order valence-corrected chi connectivity index (χ1v) is 8.13. The minimum atomic E-state index is 0.348. The van der Waals surface area contributed by atoms with Crippen LogP contribution in [0.3, 0.4) is 0 Å². The molecule has 22 heavy (non-hydrogen) atoms. The van der Waals surface area contributed by atoms with Crippen LogP contribution in [0.15, 0.2) is 24.5 Å². The summed E-state index contributed by atoms with van der Waals surface area (Å²) in [7, 11) is 0. The maximum absolute atomic E-state index is 5.92. The Kier molecular flexibility index (Phi) is 3.54. The molecule has 116 valence electrons. The van der Waals surface area contributed by atoms with Crippen LogP contribution in [0.4, 0.5) is 5.82 Å². The van der Waals surface area contributed by atoms with E-state index in [0.29, 0.717) is 17.9 Å². The van der Waals surface area contributed by atoms with Gasteiger partial charge in [-0.05, 0) is 31.7 Å². The third-order valence-corrected chi connectivity index (χ3v) is 4.50. The van der Waals surface area contributed by atoms with E-state index in [9.17, 15) is 0 Å². The van der Waals surface area contributed by atoms with Gasteiger partial charge in [0, 0.05) is 48.6 Å². The molecule has 2 fully saturated rings. The van der Waals surface area contributed by atoms with E-state index in [2.05, 4.69) is 16.5 Å². The topological polar surface area (TPSA) is 81.6 Å². The molecule has 0 spiro atoms. The maximum atomic E-state index is 5.92. The summed E-state index contributed by atoms with van der Waals surface area (Å²) < 4.78 is 1.92. The summed E-state index contributed by atoms with van der Waals surface area (Å²) in [5.74, 6) is 3.04. The van der Waals surface area contributed by atoms with Crippen molar-refractivity contribution in [3.8, 4) is 0 Å². The van der Waals surface area contributed by atoms with Crippen LogP contribution < -0.4 is 11.1 Å². The van der Waals surface area contributed by atoms with E-state index < -0.39 is 0 Å². The van der Waals surface area contributed by atoms with Crippen LogP contribution in [0.5, 0.6) is 0 Å². The zero-order chi connectivity index (χ0) is 14.9. The highest BCUT2D eigenvalue weighted by Gasteiger charge is 2.32. The zero-order valence-electron chi connectivity index (χ0n) is 12.7. The Morgan fingerprint density at radius 1 is 1.23 bits per heavy atom. The highest BCUT2D eigenvalue weighted by atomic mass is 15.3. The van der Waals surface area contributed by atoms with E-state index in [1.54, 1.807) is 6.20 Å². The molecule has 2 aliphatic rings. The van der Waals surface area contributed by atoms with Crippen molar-refractivity contribution in [1.29, 1.82) is 0 Å². The molecule has 0 atom stereocenters. The van der Waals surface area contributed by atoms with Gasteiger partial charge in [-0.15, -0.1) is 0 Å². The molecule has 0 saturated heterocycles. The molecule has 6 nitrogen and oxygen atoms in total. The SMILES string of the molecule is NC1CC(c2cc(NCCn3cccn3)nc(C3CC3)n2)C1. The lowest BCUT2D eigenvalue weighted by Crippen LogP contribution is -2.35. The molecule has 0 bridgehead atoms. The Bertz CT molecular complexity index is 628. The van der Waals surface area contributed by atoms with Crippen molar-refractivity contribution in [2.45, 2.75) is 50.1 Å². The van der Waals surface area contributed by atoms with Gasteiger partial charge in [0.1, 0.15) is 11.6 Å². The molecule has 0 unspecified atom stereocenters. The summed E-state index contributed by atoms with van der Waals surface area (Å²) in [6.07, 6.45) is 8.31. The molecular formula is C16H22N6. The van der Waals surface area contributed by atoms with E-state index >= 15 is 0 Å². The number of rotatable bonds is 6. The van der Waals surface area contributed by atoms with E-state index in [4.69, 9.17) is 15.7 Å². The van der Waals surface area contributed by atoms with Crippen LogP contribution in [-0.4, -0.2) is 32.3 Å². The molecule has 3 N–H and O–H groups in total. The smallest absolute Gasteiger partial charge is 0.134 e. The van der Waals surface area contributed by atoms with Crippen LogP contribution in [0, 0.1) is 0 Å². The Labute approximate surface area is 130 Å². The maximum Gasteiger partial charge on any atom is 0.134 e. The van der Waals surface area contributed by atoms with Gasteiger partial charge in [-0.25, -0.2) is 9.97 Å². The van der Waals surface area contributed by atoms with Crippen molar-refractivity contribution >= 4 is 5.82 Å². The number of nitrogens with zero attached hydrogens (tertiary/aromatic N) is 4. The molecule has 0 radical (unpaired) electrons. The normalized spacial score (nSPS) is 24.0. The minimum absolute atomic E-state index is 0.348. The van der Waals surface area contributed by atoms with Crippen LogP contribution in [0.1, 0.15) is 49.0 Å². The quantitative estimate of drug-likeness (QED) is 0.851. The van der Waals surface area contributed by atoms with Crippen molar-refractivity contribution in [2.24, 2.45) is 5.73 Å². The molecule has 0 aromatic carbocycles. The number of nitrogens with two attached hydrogens (primary N) is 1. The van der Waals surface area contributed by atoms with Gasteiger partial charge in [0.25, 0.3) is 0 Å². The molecule has 2 aliphatic carbocycles. The lowest BCUT2D eigenvalue weighted by molar-refractivity contribution is 0.344. The third kappa shape index (κ3) is 2.97. The van der Waals surface area contributed by atoms with Crippen molar-refractivity contribution in [3.63, 3.8) is 0 Å². The molecular weight excluding hydrogens is 276 g/mol. The number of anilines is 1. The van der Waals surface area contributed by atoms with Crippen molar-refractivity contribution in [1.82, 2.24) is 19.7 Å². The first kappa shape index (κ1) is 13.7. The average Bonchev–Trinajstić information content (AvgIpc) is 3.22. The number of hydrogen-bond acceptors (Lipinski definition) is 5. The van der Waals surface area contributed by atoms with Crippen LogP contribution in [0.25, 0.3) is 0 Å². The lowest BCUT2D eigenvalue weighted by Gasteiger charge is -2.32. The summed E-state index contributed by atoms with van der Waals surface area (Å²) >= 11 is 0. The highest BCUT2D eigenvalue weighted by molar-refractivity contribution is 5.38. The number of hydrogen-bond donors (Lipinski definition) is 2. The minimum Gasteiger partial charge on any atom is -0.368 e. The first-order valence-electron chi connectivity index (χ1n) is 8.13. The fourth-order valence-corrected chi connectivity index (χ4v) is 2.94. The summed E-state index contributed by atoms with van der Waals surface area (Å²) in [5.41, 5.74) is 7.09. The summed E-state index contributed by atoms with van der Waals surface area (Å²) in [5, 5.41) is 7.63. The standard InChI is InChI=1S/C16H22N6/c17-13-8-12(9-13)14-10-15(21-16(20-14)11-2-3-11)18-5-7-22-6-1-4-19-22/h1,4,6,10-13H,2-3,5,7-9,17H2,(H,18,20,21). The lowest BCUT2D eigenvalue weighted by atomic mass is 9.78. The molecule has 6 heteroatoms. The molecule has 2 aromatic rings. The largest absolute Gasteiger partial charge is 0.368 e. The second-order valence-electron chi connectivity index (χ2n) is 6.43. The monoisotopic (exact) mass is 298 g/mol. The average molecular weight is 298 g/mol. The molecule has 2 heterocycles. The van der Waals surface area contributed by atoms with E-state index in [-0.39, 0.29) is 0 Å². The second kappa shape index (κ2) is 5.68. The predicted octanol–water partition coefficient (Wildman–Crippen LogP) is 1.87. The van der Waals surface area contributed by atoms with Gasteiger partial charge in [-0.1, -0.05) is 0 Å². The van der Waals surface area contributed by atoms with Crippen molar-refractivity contribution in [3.05, 3.63) is 36.0 Å². The fraction of sp³-hybridized carbons (Fsp3) is 0.562. The molecule has 2 aromatic heterocycles. The van der Waals surface area contributed by atoms with E-state index in [1.165, 1.54) is 18.5 Å². The Morgan fingerprint density at radius 3 is 2.77 bits per heavy atom. The fourth-order valence-electron chi connectivity index (χ4n) is 2.94. The summed E-state index contributed by atoms with van der Waals surface area (Å²) in [6.45, 7) is 1.64. The van der Waals surface area contributed by atoms with Crippen molar-refractivity contribution < 1.29 is 0 Å². The van der Waals surface area contributed by atoms with E-state index in [1.807, 2.05) is 16.9 Å². The molecule has 4 rings (SSSR count). The molecule has 2 saturated carbocycles. The zero-order valence-corrected chi connectivity index (χ0v) is 12.7. The number of aromatic nitrogens is 4. The van der Waals surface area contributed by atoms with E-state index in [0.717, 1.165) is 37.6 Å². The van der Waals surface area contributed by atoms with Gasteiger partial charge in [0.2, 0.25) is 0 Å². The van der Waals surface area contributed by atoms with Crippen LogP contribution in [-0.2, 0) is 6.54 Å². The van der Waals surface area contributed by atoms with Crippen molar-refractivity contribution in [2.75, 3.05) is 11.9 Å². The highest BCUT2D eigenvalue weighted by Crippen LogP contribution is 2.41. The Morgan fingerprint density at radius 2 is 2.09 bits per heavy atom. The predicted molar refractivity (Wildman–Crippen MR) is 84.7 cm³/mol. The molecule has 0 amide bonds. The van der Waals surface area contributed by atoms with Gasteiger partial charge < -0.3 is 11.1 Å². The van der Waals surface area contributed by atoms with Gasteiger partial charge in [0.15, 0.2) is 0 Å². The van der Waals surface area contributed by atoms with Gasteiger partial charge in [-0.3, -0.25) is 4.68 Å². The number of nitrogens with one attached hydrogen (secondary N) is 1. The van der Waals surface area contributed by atoms with Gasteiger partial charge >= 0.3 is 0 Å². The third-order valence-electron chi connectivity index (χ3n) is 4.50. The first-order chi connectivity index (χ1) is 10.8. The Hall–Kier alpha value is -1.95. The molecule has 0 aliphatic heterocycles. The van der Waals surface area contributed by atoms with Gasteiger partial charge in [0.05, 0.1) is 6.54 Å². The van der Waals surface area contributed by atoms with Crippen LogP contribution >= 0.6 is 0 Å². The Balaban J connectivity index is 1.45. The van der Waals surface area contributed by atoms with Crippen LogP contribution in [0.2, 0.25) is 0 Å². The summed E-state index contributed by atoms with van der Waals surface area (Å²) in [4.78, 5) is 9.48. The van der Waals surface area contributed by atoms with Gasteiger partial charge in [-0.2, -0.15) is 5.10 Å².